The Labute approximate surface area is 277 Å². The number of halogens is 2. The molecule has 1 aromatic heterocycles. The predicted octanol–water partition coefficient (Wildman–Crippen LogP) is 2.67. The predicted molar refractivity (Wildman–Crippen MR) is 174 cm³/mol. The molecular formula is C31H42F2N5O7PS. The fourth-order valence-corrected chi connectivity index (χ4v) is 7.12. The van der Waals surface area contributed by atoms with Crippen LogP contribution in [0.3, 0.4) is 0 Å². The number of primary amides is 1. The number of alkyl halides is 2. The molecule has 3 heterocycles. The third kappa shape index (κ3) is 9.01. The van der Waals surface area contributed by atoms with Crippen molar-refractivity contribution < 1.29 is 42.4 Å². The minimum absolute atomic E-state index is 0.0527. The molecule has 0 saturated carbocycles. The van der Waals surface area contributed by atoms with E-state index in [0.717, 1.165) is 11.3 Å². The maximum atomic E-state index is 14.1. The second-order valence-corrected chi connectivity index (χ2v) is 14.3. The molecule has 5 atom stereocenters. The van der Waals surface area contributed by atoms with Crippen molar-refractivity contribution in [2.45, 2.75) is 82.7 Å². The van der Waals surface area contributed by atoms with Crippen LogP contribution in [0.25, 0.3) is 10.1 Å². The number of hydrogen-bond donors (Lipinski definition) is 4. The number of likely N-dealkylation sites (N-methyl/N-ethyl adjacent to an activating group) is 1. The number of nitrogens with one attached hydrogen (secondary N) is 2. The Morgan fingerprint density at radius 1 is 1.19 bits per heavy atom. The van der Waals surface area contributed by atoms with Crippen LogP contribution in [0.4, 0.5) is 8.78 Å². The van der Waals surface area contributed by atoms with Crippen LogP contribution in [-0.2, 0) is 29.6 Å². The van der Waals surface area contributed by atoms with E-state index in [4.69, 9.17) is 15.4 Å². The summed E-state index contributed by atoms with van der Waals surface area (Å²) < 4.78 is 34.1. The number of thiophene rings is 1. The van der Waals surface area contributed by atoms with Gasteiger partial charge in [0, 0.05) is 35.8 Å². The van der Waals surface area contributed by atoms with E-state index in [1.165, 1.54) is 29.2 Å². The van der Waals surface area contributed by atoms with Gasteiger partial charge in [0.05, 0.1) is 20.3 Å². The van der Waals surface area contributed by atoms with E-state index in [2.05, 4.69) is 10.6 Å². The molecule has 12 nitrogen and oxygen atoms in total. The van der Waals surface area contributed by atoms with Gasteiger partial charge in [0.25, 0.3) is 5.91 Å². The van der Waals surface area contributed by atoms with Crippen LogP contribution in [0, 0.1) is 5.92 Å². The van der Waals surface area contributed by atoms with E-state index >= 15 is 0 Å². The Balaban J connectivity index is 1.54. The topological polar surface area (TPSA) is 171 Å². The zero-order valence-electron chi connectivity index (χ0n) is 26.6. The van der Waals surface area contributed by atoms with Crippen LogP contribution in [0.1, 0.15) is 68.1 Å². The summed E-state index contributed by atoms with van der Waals surface area (Å²) >= 11 is 1.09. The van der Waals surface area contributed by atoms with Crippen molar-refractivity contribution in [3.05, 3.63) is 34.7 Å². The number of nitrogens with zero attached hydrogens (tertiary/aromatic N) is 2. The lowest BCUT2D eigenvalue weighted by Crippen LogP contribution is -2.61. The maximum absolute atomic E-state index is 14.1. The second kappa shape index (κ2) is 15.8. The lowest BCUT2D eigenvalue weighted by Gasteiger charge is -2.38. The van der Waals surface area contributed by atoms with Gasteiger partial charge in [-0.3, -0.25) is 19.2 Å². The molecule has 4 rings (SSSR count). The first kappa shape index (κ1) is 36.6. The number of ether oxygens (including phenoxy) is 1. The second-order valence-electron chi connectivity index (χ2n) is 12.3. The van der Waals surface area contributed by atoms with Crippen molar-refractivity contribution in [2.24, 2.45) is 11.7 Å². The zero-order valence-corrected chi connectivity index (χ0v) is 28.4. The van der Waals surface area contributed by atoms with Gasteiger partial charge in [-0.1, -0.05) is 26.8 Å². The highest BCUT2D eigenvalue weighted by molar-refractivity contribution is 7.32. The molecule has 2 fully saturated rings. The SMILES string of the molecule is CCN1CC[C@H]2CC[C@@H](C(=O)NC(CCC(N)=O)C(=O)OCC(C)C)N2C(=O)[C@@H](NC(=O)c2cc3cc(C(F)(F)PO)ccc3s2)C1. The van der Waals surface area contributed by atoms with Crippen molar-refractivity contribution in [3.63, 3.8) is 0 Å². The first-order valence-corrected chi connectivity index (χ1v) is 17.4. The Bertz CT molecular complexity index is 1490. The summed E-state index contributed by atoms with van der Waals surface area (Å²) in [5.74, 6) is -2.84. The zero-order chi connectivity index (χ0) is 34.5. The smallest absolute Gasteiger partial charge is 0.328 e. The number of carbonyl (C=O) groups excluding carboxylic acids is 5. The fraction of sp³-hybridized carbons (Fsp3) is 0.581. The van der Waals surface area contributed by atoms with E-state index in [1.807, 2.05) is 25.7 Å². The lowest BCUT2D eigenvalue weighted by molar-refractivity contribution is -0.150. The third-order valence-electron chi connectivity index (χ3n) is 8.41. The summed E-state index contributed by atoms with van der Waals surface area (Å²) in [5, 5.41) is 5.91. The third-order valence-corrected chi connectivity index (χ3v) is 10.1. The molecule has 2 saturated heterocycles. The van der Waals surface area contributed by atoms with Gasteiger partial charge in [-0.2, -0.15) is 8.78 Å². The first-order chi connectivity index (χ1) is 22.2. The van der Waals surface area contributed by atoms with Crippen LogP contribution in [0.15, 0.2) is 24.3 Å². The largest absolute Gasteiger partial charge is 0.464 e. The van der Waals surface area contributed by atoms with Gasteiger partial charge in [0.15, 0.2) is 0 Å². The van der Waals surface area contributed by atoms with E-state index in [0.29, 0.717) is 42.4 Å². The van der Waals surface area contributed by atoms with Gasteiger partial charge in [-0.15, -0.1) is 11.3 Å². The monoisotopic (exact) mass is 697 g/mol. The number of carbonyl (C=O) groups is 5. The number of amides is 4. The molecule has 1 aromatic carbocycles. The molecule has 0 bridgehead atoms. The van der Waals surface area contributed by atoms with Crippen molar-refractivity contribution in [2.75, 3.05) is 26.2 Å². The summed E-state index contributed by atoms with van der Waals surface area (Å²) in [5.41, 5.74) is 1.53. The van der Waals surface area contributed by atoms with Crippen LogP contribution in [0.5, 0.6) is 0 Å². The fourth-order valence-electron chi connectivity index (χ4n) is 5.89. The van der Waals surface area contributed by atoms with Gasteiger partial charge in [-0.05, 0) is 61.7 Å². The van der Waals surface area contributed by atoms with Gasteiger partial charge in [0.1, 0.15) is 18.1 Å². The highest BCUT2D eigenvalue weighted by Gasteiger charge is 2.45. The molecule has 2 aromatic rings. The van der Waals surface area contributed by atoms with Crippen LogP contribution in [0.2, 0.25) is 0 Å². The van der Waals surface area contributed by atoms with Crippen LogP contribution >= 0.6 is 20.1 Å². The number of fused-ring (bicyclic) bond motifs is 2. The van der Waals surface area contributed by atoms with E-state index in [9.17, 15) is 32.8 Å². The van der Waals surface area contributed by atoms with Crippen LogP contribution in [-0.4, -0.2) is 94.7 Å². The van der Waals surface area contributed by atoms with E-state index in [-0.39, 0.29) is 48.4 Å². The van der Waals surface area contributed by atoms with Crippen LogP contribution < -0.4 is 16.4 Å². The number of hydrogen-bond acceptors (Lipinski definition) is 9. The first-order valence-electron chi connectivity index (χ1n) is 15.7. The van der Waals surface area contributed by atoms with Crippen molar-refractivity contribution in [3.8, 4) is 0 Å². The minimum atomic E-state index is -3.40. The maximum Gasteiger partial charge on any atom is 0.328 e. The molecule has 0 radical (unpaired) electrons. The van der Waals surface area contributed by atoms with Gasteiger partial charge < -0.3 is 35.8 Å². The molecule has 0 aliphatic carbocycles. The lowest BCUT2D eigenvalue weighted by atomic mass is 10.1. The Kier molecular flexibility index (Phi) is 12.3. The summed E-state index contributed by atoms with van der Waals surface area (Å²) in [6.45, 7) is 7.25. The normalized spacial score (nSPS) is 21.5. The van der Waals surface area contributed by atoms with Gasteiger partial charge in [0.2, 0.25) is 17.7 Å². The Morgan fingerprint density at radius 2 is 1.94 bits per heavy atom. The molecule has 2 unspecified atom stereocenters. The molecule has 2 aliphatic rings. The van der Waals surface area contributed by atoms with Crippen molar-refractivity contribution >= 4 is 59.8 Å². The minimum Gasteiger partial charge on any atom is -0.464 e. The highest BCUT2D eigenvalue weighted by atomic mass is 32.1. The highest BCUT2D eigenvalue weighted by Crippen LogP contribution is 2.43. The quantitative estimate of drug-likeness (QED) is 0.183. The number of rotatable bonds is 13. The van der Waals surface area contributed by atoms with E-state index in [1.54, 1.807) is 0 Å². The Morgan fingerprint density at radius 3 is 2.60 bits per heavy atom. The molecule has 47 heavy (non-hydrogen) atoms. The molecular weight excluding hydrogens is 655 g/mol. The number of benzene rings is 1. The molecule has 16 heteroatoms. The average molecular weight is 698 g/mol. The standard InChI is InChI=1S/C31H42F2N5O7PS/c1-4-37-12-11-20-6-8-23(27(40)35-21(7-10-26(34)39)30(43)45-16-17(2)3)38(20)29(42)22(15-37)36-28(41)25-14-18-13-19(31(32,33)46-44)5-9-24(18)47-25/h5,9,13-14,17,20-23,44,46H,4,6-8,10-12,15-16H2,1-3H3,(H2,34,39)(H,35,40)(H,36,41)/t20-,21?,22+,23+/m1/s1. The molecule has 2 aliphatic heterocycles. The molecule has 258 valence electrons. The van der Waals surface area contributed by atoms with Gasteiger partial charge in [-0.25, -0.2) is 4.79 Å². The van der Waals surface area contributed by atoms with Crippen molar-refractivity contribution in [1.82, 2.24) is 20.4 Å². The van der Waals surface area contributed by atoms with Gasteiger partial charge >= 0.3 is 11.6 Å². The summed E-state index contributed by atoms with van der Waals surface area (Å²) in [4.78, 5) is 78.4. The van der Waals surface area contributed by atoms with Crippen molar-refractivity contribution in [1.29, 1.82) is 0 Å². The summed E-state index contributed by atoms with van der Waals surface area (Å²) in [6.07, 6.45) is 1.30. The number of esters is 1. The molecule has 4 amide bonds. The molecule has 0 spiro atoms. The summed E-state index contributed by atoms with van der Waals surface area (Å²) in [6, 6.07) is 2.05. The Hall–Kier alpha value is -3.26. The average Bonchev–Trinajstić information content (AvgIpc) is 3.66. The van der Waals surface area contributed by atoms with E-state index < -0.39 is 62.2 Å². The molecule has 5 N–H and O–H groups in total. The number of nitrogens with two attached hydrogens (primary N) is 1. The summed E-state index contributed by atoms with van der Waals surface area (Å²) in [7, 11) is -1.60.